The number of furan rings is 1. The number of hydrogen-bond acceptors (Lipinski definition) is 5. The fourth-order valence-corrected chi connectivity index (χ4v) is 1.72. The molecule has 0 saturated carbocycles. The zero-order chi connectivity index (χ0) is 12.8. The smallest absolute Gasteiger partial charge is 0.372 e. The number of rotatable bonds is 7. The Labute approximate surface area is 99.2 Å². The number of carboxylic acid groups (broad SMARTS) is 1. The molecule has 0 bridgehead atoms. The summed E-state index contributed by atoms with van der Waals surface area (Å²) >= 11 is 0. The Morgan fingerprint density at radius 3 is 2.71 bits per heavy atom. The van der Waals surface area contributed by atoms with E-state index in [9.17, 15) is 4.79 Å². The summed E-state index contributed by atoms with van der Waals surface area (Å²) in [6, 6.07) is 1.31. The van der Waals surface area contributed by atoms with E-state index < -0.39 is 5.97 Å². The second-order valence-electron chi connectivity index (χ2n) is 3.96. The van der Waals surface area contributed by atoms with Gasteiger partial charge in [-0.3, -0.25) is 0 Å². The maximum atomic E-state index is 10.9. The number of aliphatic hydroxyl groups excluding tert-OH is 1. The van der Waals surface area contributed by atoms with Gasteiger partial charge in [-0.05, 0) is 25.5 Å². The fourth-order valence-electron chi connectivity index (χ4n) is 1.72. The van der Waals surface area contributed by atoms with Crippen molar-refractivity contribution in [2.24, 2.45) is 11.5 Å². The zero-order valence-electron chi connectivity index (χ0n) is 9.50. The van der Waals surface area contributed by atoms with Gasteiger partial charge >= 0.3 is 5.97 Å². The maximum Gasteiger partial charge on any atom is 0.372 e. The van der Waals surface area contributed by atoms with E-state index in [2.05, 4.69) is 0 Å². The van der Waals surface area contributed by atoms with Crippen molar-refractivity contribution in [3.05, 3.63) is 23.7 Å². The highest BCUT2D eigenvalue weighted by atomic mass is 16.4. The Bertz CT molecular complexity index is 364. The Balaban J connectivity index is 2.72. The predicted octanol–water partition coefficient (Wildman–Crippen LogP) is 0.120. The van der Waals surface area contributed by atoms with E-state index in [0.29, 0.717) is 24.9 Å². The van der Waals surface area contributed by atoms with Crippen LogP contribution in [0.15, 0.2) is 16.7 Å². The van der Waals surface area contributed by atoms with Crippen molar-refractivity contribution >= 4 is 5.97 Å². The molecule has 0 radical (unpaired) electrons. The summed E-state index contributed by atoms with van der Waals surface area (Å²) in [6.45, 7) is 0.229. The van der Waals surface area contributed by atoms with E-state index in [4.69, 9.17) is 26.1 Å². The molecule has 0 aliphatic heterocycles. The van der Waals surface area contributed by atoms with Gasteiger partial charge in [0.05, 0.1) is 12.9 Å². The van der Waals surface area contributed by atoms with Crippen LogP contribution in [0.1, 0.15) is 34.9 Å². The van der Waals surface area contributed by atoms with E-state index in [1.165, 1.54) is 6.26 Å². The van der Waals surface area contributed by atoms with Crippen molar-refractivity contribution in [2.45, 2.75) is 24.8 Å². The molecule has 0 fully saturated rings. The number of carbonyl (C=O) groups is 1. The van der Waals surface area contributed by atoms with Gasteiger partial charge in [-0.25, -0.2) is 4.79 Å². The van der Waals surface area contributed by atoms with E-state index in [-0.39, 0.29) is 24.3 Å². The topological polar surface area (TPSA) is 123 Å². The fraction of sp³-hybridized carbons (Fsp3) is 0.545. The SMILES string of the molecule is NCC(CC[C@H](N)CO)c1ccoc1C(=O)O. The second kappa shape index (κ2) is 6.39. The van der Waals surface area contributed by atoms with Gasteiger partial charge in [0.25, 0.3) is 0 Å². The molecule has 0 amide bonds. The first-order chi connectivity index (χ1) is 8.10. The van der Waals surface area contributed by atoms with Crippen LogP contribution in [0.2, 0.25) is 0 Å². The predicted molar refractivity (Wildman–Crippen MR) is 61.8 cm³/mol. The number of aliphatic hydroxyl groups is 1. The molecule has 1 unspecified atom stereocenters. The van der Waals surface area contributed by atoms with Gasteiger partial charge < -0.3 is 26.1 Å². The van der Waals surface area contributed by atoms with Crippen LogP contribution in [0, 0.1) is 0 Å². The highest BCUT2D eigenvalue weighted by molar-refractivity contribution is 5.86. The molecule has 0 aliphatic carbocycles. The van der Waals surface area contributed by atoms with Crippen LogP contribution >= 0.6 is 0 Å². The monoisotopic (exact) mass is 242 g/mol. The lowest BCUT2D eigenvalue weighted by Crippen LogP contribution is -2.26. The average molecular weight is 242 g/mol. The van der Waals surface area contributed by atoms with Crippen molar-refractivity contribution in [2.75, 3.05) is 13.2 Å². The minimum Gasteiger partial charge on any atom is -0.475 e. The third-order valence-electron chi connectivity index (χ3n) is 2.73. The van der Waals surface area contributed by atoms with Gasteiger partial charge in [-0.2, -0.15) is 0 Å². The first kappa shape index (κ1) is 13.7. The average Bonchev–Trinajstić information content (AvgIpc) is 2.78. The maximum absolute atomic E-state index is 10.9. The zero-order valence-corrected chi connectivity index (χ0v) is 9.50. The molecule has 1 rings (SSSR count). The number of aromatic carboxylic acids is 1. The molecule has 0 spiro atoms. The van der Waals surface area contributed by atoms with Crippen LogP contribution in [0.25, 0.3) is 0 Å². The van der Waals surface area contributed by atoms with Crippen molar-refractivity contribution in [3.63, 3.8) is 0 Å². The van der Waals surface area contributed by atoms with Gasteiger partial charge in [0.15, 0.2) is 0 Å². The Morgan fingerprint density at radius 1 is 1.47 bits per heavy atom. The third kappa shape index (κ3) is 3.55. The van der Waals surface area contributed by atoms with Gasteiger partial charge in [-0.1, -0.05) is 0 Å². The Kier molecular flexibility index (Phi) is 5.14. The summed E-state index contributed by atoms with van der Waals surface area (Å²) in [5, 5.41) is 17.7. The molecule has 2 atom stereocenters. The molecule has 6 heteroatoms. The van der Waals surface area contributed by atoms with Gasteiger partial charge in [0, 0.05) is 17.5 Å². The Hall–Kier alpha value is -1.37. The molecule has 0 aliphatic rings. The van der Waals surface area contributed by atoms with Crippen molar-refractivity contribution in [3.8, 4) is 0 Å². The summed E-state index contributed by atoms with van der Waals surface area (Å²) in [6.07, 6.45) is 2.55. The molecule has 6 N–H and O–H groups in total. The van der Waals surface area contributed by atoms with Crippen molar-refractivity contribution in [1.29, 1.82) is 0 Å². The van der Waals surface area contributed by atoms with Gasteiger partial charge in [0.1, 0.15) is 0 Å². The lowest BCUT2D eigenvalue weighted by atomic mass is 9.93. The van der Waals surface area contributed by atoms with Crippen molar-refractivity contribution in [1.82, 2.24) is 0 Å². The first-order valence-electron chi connectivity index (χ1n) is 5.47. The summed E-state index contributed by atoms with van der Waals surface area (Å²) in [4.78, 5) is 10.9. The van der Waals surface area contributed by atoms with E-state index in [0.717, 1.165) is 0 Å². The summed E-state index contributed by atoms with van der Waals surface area (Å²) in [7, 11) is 0. The second-order valence-corrected chi connectivity index (χ2v) is 3.96. The molecule has 0 aromatic carbocycles. The normalized spacial score (nSPS) is 14.5. The molecule has 0 saturated heterocycles. The minimum atomic E-state index is -1.10. The highest BCUT2D eigenvalue weighted by Gasteiger charge is 2.21. The van der Waals surface area contributed by atoms with Crippen LogP contribution in [0.3, 0.4) is 0 Å². The largest absolute Gasteiger partial charge is 0.475 e. The van der Waals surface area contributed by atoms with Crippen LogP contribution in [-0.2, 0) is 0 Å². The lowest BCUT2D eigenvalue weighted by molar-refractivity contribution is 0.0660. The third-order valence-corrected chi connectivity index (χ3v) is 2.73. The lowest BCUT2D eigenvalue weighted by Gasteiger charge is -2.16. The molecular weight excluding hydrogens is 224 g/mol. The Morgan fingerprint density at radius 2 is 2.18 bits per heavy atom. The number of nitrogens with two attached hydrogens (primary N) is 2. The first-order valence-corrected chi connectivity index (χ1v) is 5.47. The molecule has 1 heterocycles. The molecule has 1 aromatic rings. The minimum absolute atomic E-state index is 0.0713. The van der Waals surface area contributed by atoms with Crippen LogP contribution < -0.4 is 11.5 Å². The summed E-state index contributed by atoms with van der Waals surface area (Å²) in [5.41, 5.74) is 11.8. The van der Waals surface area contributed by atoms with Gasteiger partial charge in [-0.15, -0.1) is 0 Å². The van der Waals surface area contributed by atoms with Crippen molar-refractivity contribution < 1.29 is 19.4 Å². The van der Waals surface area contributed by atoms with Crippen LogP contribution in [0.4, 0.5) is 0 Å². The van der Waals surface area contributed by atoms with Gasteiger partial charge in [0.2, 0.25) is 5.76 Å². The van der Waals surface area contributed by atoms with E-state index in [1.54, 1.807) is 6.07 Å². The molecule has 1 aromatic heterocycles. The summed E-state index contributed by atoms with van der Waals surface area (Å²) < 4.78 is 4.91. The molecular formula is C11H18N2O4. The van der Waals surface area contributed by atoms with E-state index >= 15 is 0 Å². The quantitative estimate of drug-likeness (QED) is 0.538. The standard InChI is InChI=1S/C11H18N2O4/c12-5-7(1-2-8(13)6-14)9-3-4-17-10(9)11(15)16/h3-4,7-8,14H,1-2,5-6,12-13H2,(H,15,16)/t7?,8-/m0/s1. The highest BCUT2D eigenvalue weighted by Crippen LogP contribution is 2.25. The molecule has 6 nitrogen and oxygen atoms in total. The van der Waals surface area contributed by atoms with Crippen LogP contribution in [-0.4, -0.2) is 35.4 Å². The number of hydrogen-bond donors (Lipinski definition) is 4. The summed E-state index contributed by atoms with van der Waals surface area (Å²) in [5.74, 6) is -1.29. The number of carboxylic acids is 1. The molecule has 96 valence electrons. The van der Waals surface area contributed by atoms with Crippen LogP contribution in [0.5, 0.6) is 0 Å². The molecule has 17 heavy (non-hydrogen) atoms. The van der Waals surface area contributed by atoms with E-state index in [1.807, 2.05) is 0 Å².